The lowest BCUT2D eigenvalue weighted by molar-refractivity contribution is 0.0733. The molecule has 0 saturated heterocycles. The fourth-order valence-corrected chi connectivity index (χ4v) is 3.84. The number of ether oxygens (including phenoxy) is 3. The molecule has 36 heavy (non-hydrogen) atoms. The second-order valence-electron chi connectivity index (χ2n) is 9.80. The Morgan fingerprint density at radius 2 is 1.47 bits per heavy atom. The monoisotopic (exact) mass is 504 g/mol. The van der Waals surface area contributed by atoms with Crippen LogP contribution in [0.25, 0.3) is 0 Å². The van der Waals surface area contributed by atoms with Crippen molar-refractivity contribution in [2.45, 2.75) is 97.8 Å². The zero-order valence-corrected chi connectivity index (χ0v) is 22.2. The first-order valence-electron chi connectivity index (χ1n) is 13.4. The highest BCUT2D eigenvalue weighted by molar-refractivity contribution is 5.91. The molecule has 0 spiro atoms. The number of esters is 1. The summed E-state index contributed by atoms with van der Waals surface area (Å²) >= 11 is 0. The molecule has 0 fully saturated rings. The molecule has 0 aliphatic rings. The Morgan fingerprint density at radius 1 is 0.861 bits per heavy atom. The zero-order chi connectivity index (χ0) is 26.3. The molecule has 200 valence electrons. The van der Waals surface area contributed by atoms with Crippen LogP contribution in [0.3, 0.4) is 0 Å². The summed E-state index contributed by atoms with van der Waals surface area (Å²) in [5.41, 5.74) is 0.0431. The molecule has 2 aromatic carbocycles. The lowest BCUT2D eigenvalue weighted by Crippen LogP contribution is -2.26. The van der Waals surface area contributed by atoms with Crippen molar-refractivity contribution < 1.29 is 27.8 Å². The van der Waals surface area contributed by atoms with Crippen LogP contribution in [-0.2, 0) is 0 Å². The third-order valence-electron chi connectivity index (χ3n) is 5.99. The van der Waals surface area contributed by atoms with Gasteiger partial charge in [-0.3, -0.25) is 0 Å². The summed E-state index contributed by atoms with van der Waals surface area (Å²) in [6.07, 6.45) is 8.27. The van der Waals surface area contributed by atoms with Crippen LogP contribution in [0.5, 0.6) is 17.2 Å². The Balaban J connectivity index is 1.76. The fourth-order valence-electron chi connectivity index (χ4n) is 3.84. The summed E-state index contributed by atoms with van der Waals surface area (Å²) in [7, 11) is 0. The van der Waals surface area contributed by atoms with Gasteiger partial charge in [-0.1, -0.05) is 65.7 Å². The van der Waals surface area contributed by atoms with Crippen LogP contribution < -0.4 is 14.2 Å². The number of unbranched alkanes of at least 4 members (excludes halogenated alkanes) is 7. The van der Waals surface area contributed by atoms with Crippen LogP contribution in [0.15, 0.2) is 42.5 Å². The predicted octanol–water partition coefficient (Wildman–Crippen LogP) is 8.72. The molecule has 0 N–H and O–H groups in total. The summed E-state index contributed by atoms with van der Waals surface area (Å²) in [5.74, 6) is -0.306. The van der Waals surface area contributed by atoms with Gasteiger partial charge in [0.2, 0.25) is 0 Å². The molecule has 2 rings (SSSR count). The van der Waals surface area contributed by atoms with Gasteiger partial charge >= 0.3 is 5.97 Å². The van der Waals surface area contributed by atoms with E-state index in [-0.39, 0.29) is 17.2 Å². The highest BCUT2D eigenvalue weighted by Gasteiger charge is 2.21. The smallest absolute Gasteiger partial charge is 0.343 e. The van der Waals surface area contributed by atoms with Gasteiger partial charge in [-0.2, -0.15) is 0 Å². The number of halogens is 2. The van der Waals surface area contributed by atoms with E-state index >= 15 is 0 Å². The van der Waals surface area contributed by atoms with Gasteiger partial charge in [0.15, 0.2) is 11.6 Å². The molecular formula is C30H42F2O4. The van der Waals surface area contributed by atoms with E-state index in [1.165, 1.54) is 50.7 Å². The summed E-state index contributed by atoms with van der Waals surface area (Å²) in [5, 5.41) is 0. The molecule has 2 atom stereocenters. The van der Waals surface area contributed by atoms with E-state index in [2.05, 4.69) is 6.92 Å². The predicted molar refractivity (Wildman–Crippen MR) is 140 cm³/mol. The first-order valence-corrected chi connectivity index (χ1v) is 13.4. The summed E-state index contributed by atoms with van der Waals surface area (Å²) in [6.45, 7) is 8.28. The van der Waals surface area contributed by atoms with Crippen LogP contribution in [0.4, 0.5) is 8.78 Å². The van der Waals surface area contributed by atoms with Gasteiger partial charge in [0.25, 0.3) is 0 Å². The number of hydrogen-bond donors (Lipinski definition) is 0. The van der Waals surface area contributed by atoms with Crippen molar-refractivity contribution in [1.29, 1.82) is 0 Å². The van der Waals surface area contributed by atoms with Crippen LogP contribution in [0.2, 0.25) is 0 Å². The second kappa shape index (κ2) is 16.2. The normalized spacial score (nSPS) is 12.9. The number of benzene rings is 2. The molecule has 0 saturated carbocycles. The molecule has 0 heterocycles. The van der Waals surface area contributed by atoms with Crippen molar-refractivity contribution in [1.82, 2.24) is 0 Å². The average molecular weight is 505 g/mol. The minimum Gasteiger partial charge on any atom is -0.494 e. The van der Waals surface area contributed by atoms with Crippen molar-refractivity contribution in [3.63, 3.8) is 0 Å². The van der Waals surface area contributed by atoms with E-state index in [1.807, 2.05) is 13.8 Å². The lowest BCUT2D eigenvalue weighted by Gasteiger charge is -2.20. The van der Waals surface area contributed by atoms with Gasteiger partial charge in [-0.25, -0.2) is 13.6 Å². The Kier molecular flexibility index (Phi) is 13.3. The first kappa shape index (κ1) is 29.6. The van der Waals surface area contributed by atoms with E-state index in [0.29, 0.717) is 24.5 Å². The van der Waals surface area contributed by atoms with Crippen LogP contribution in [0, 0.1) is 11.7 Å². The second-order valence-corrected chi connectivity index (χ2v) is 9.80. The van der Waals surface area contributed by atoms with Gasteiger partial charge in [-0.05, 0) is 68.1 Å². The molecular weight excluding hydrogens is 462 g/mol. The molecule has 0 radical (unpaired) electrons. The molecule has 4 nitrogen and oxygen atoms in total. The van der Waals surface area contributed by atoms with Crippen molar-refractivity contribution >= 4 is 5.97 Å². The molecule has 6 heteroatoms. The quantitative estimate of drug-likeness (QED) is 0.123. The highest BCUT2D eigenvalue weighted by atomic mass is 19.1. The first-order chi connectivity index (χ1) is 17.3. The molecule has 0 amide bonds. The molecule has 2 aromatic rings. The fraction of sp³-hybridized carbons (Fsp3) is 0.567. The van der Waals surface area contributed by atoms with E-state index < -0.39 is 24.1 Å². The number of carbonyl (C=O) groups excluding carboxylic acids is 1. The Hall–Kier alpha value is -2.63. The largest absolute Gasteiger partial charge is 0.494 e. The molecule has 0 aliphatic heterocycles. The summed E-state index contributed by atoms with van der Waals surface area (Å²) < 4.78 is 45.2. The van der Waals surface area contributed by atoms with Crippen molar-refractivity contribution in [2.24, 2.45) is 5.92 Å². The van der Waals surface area contributed by atoms with Crippen molar-refractivity contribution in [3.8, 4) is 17.2 Å². The van der Waals surface area contributed by atoms with Gasteiger partial charge < -0.3 is 14.2 Å². The minimum absolute atomic E-state index is 0.0431. The highest BCUT2D eigenvalue weighted by Crippen LogP contribution is 2.24. The molecule has 0 unspecified atom stereocenters. The van der Waals surface area contributed by atoms with E-state index in [4.69, 9.17) is 14.2 Å². The minimum atomic E-state index is -1.21. The Labute approximate surface area is 215 Å². The maximum atomic E-state index is 14.5. The topological polar surface area (TPSA) is 44.8 Å². The van der Waals surface area contributed by atoms with Gasteiger partial charge in [0.05, 0.1) is 12.2 Å². The third-order valence-corrected chi connectivity index (χ3v) is 5.99. The number of rotatable bonds is 17. The zero-order valence-electron chi connectivity index (χ0n) is 22.2. The summed E-state index contributed by atoms with van der Waals surface area (Å²) in [6, 6.07) is 10.6. The maximum absolute atomic E-state index is 14.5. The average Bonchev–Trinajstić information content (AvgIpc) is 2.84. The Bertz CT molecular complexity index is 898. The van der Waals surface area contributed by atoms with E-state index in [0.717, 1.165) is 18.9 Å². The van der Waals surface area contributed by atoms with Gasteiger partial charge in [0, 0.05) is 0 Å². The van der Waals surface area contributed by atoms with Crippen LogP contribution >= 0.6 is 0 Å². The number of hydrogen-bond acceptors (Lipinski definition) is 4. The maximum Gasteiger partial charge on any atom is 0.343 e. The molecule has 0 bridgehead atoms. The number of carbonyl (C=O) groups is 1. The standard InChI is InChI=1S/C30H42F2O4/c1-5-6-7-8-9-10-11-12-19-34-25-14-16-26(17-15-25)36-30(33)24-13-18-29(28(32)21-24)35-23(4)27(31)20-22(2)3/h13-18,21-23,27H,5-12,19-20H2,1-4H3/t23-,27-/m1/s1. The Morgan fingerprint density at radius 3 is 2.08 bits per heavy atom. The van der Waals surface area contributed by atoms with E-state index in [9.17, 15) is 13.6 Å². The van der Waals surface area contributed by atoms with Crippen molar-refractivity contribution in [2.75, 3.05) is 6.61 Å². The SMILES string of the molecule is CCCCCCCCCCOc1ccc(OC(=O)c2ccc(O[C@H](C)[C@H](F)CC(C)C)c(F)c2)cc1. The summed E-state index contributed by atoms with van der Waals surface area (Å²) in [4.78, 5) is 12.4. The van der Waals surface area contributed by atoms with Gasteiger partial charge in [0.1, 0.15) is 23.8 Å². The molecule has 0 aliphatic carbocycles. The lowest BCUT2D eigenvalue weighted by atomic mass is 10.0. The third kappa shape index (κ3) is 11.0. The van der Waals surface area contributed by atoms with Crippen LogP contribution in [0.1, 0.15) is 95.8 Å². The van der Waals surface area contributed by atoms with E-state index in [1.54, 1.807) is 31.2 Å². The van der Waals surface area contributed by atoms with Crippen LogP contribution in [-0.4, -0.2) is 24.9 Å². The number of alkyl halides is 1. The molecule has 0 aromatic heterocycles. The van der Waals surface area contributed by atoms with Crippen molar-refractivity contribution in [3.05, 3.63) is 53.8 Å². The van der Waals surface area contributed by atoms with Gasteiger partial charge in [-0.15, -0.1) is 0 Å².